The van der Waals surface area contributed by atoms with Crippen LogP contribution in [0.25, 0.3) is 0 Å². The maximum Gasteiger partial charge on any atom is 0.244 e. The number of hydrogen-bond acceptors (Lipinski definition) is 7. The number of likely N-dealkylation sites (N-methyl/N-ethyl adjacent to an activating group) is 1. The van der Waals surface area contributed by atoms with Crippen LogP contribution in [0.2, 0.25) is 0 Å². The molecule has 1 fully saturated rings. The van der Waals surface area contributed by atoms with Crippen molar-refractivity contribution in [3.05, 3.63) is 48.2 Å². The Labute approximate surface area is 187 Å². The number of thioether (sulfide) groups is 1. The van der Waals surface area contributed by atoms with Crippen LogP contribution in [0.15, 0.2) is 52.5 Å². The van der Waals surface area contributed by atoms with Gasteiger partial charge >= 0.3 is 0 Å². The van der Waals surface area contributed by atoms with Crippen molar-refractivity contribution in [1.29, 1.82) is 0 Å². The zero-order chi connectivity index (χ0) is 21.8. The Morgan fingerprint density at radius 3 is 2.71 bits per heavy atom. The van der Waals surface area contributed by atoms with Crippen LogP contribution in [-0.2, 0) is 14.8 Å². The number of amides is 1. The molecule has 0 unspecified atom stereocenters. The molecule has 0 radical (unpaired) electrons. The van der Waals surface area contributed by atoms with E-state index in [2.05, 4.69) is 15.2 Å². The molecular weight excluding hydrogens is 436 g/mol. The lowest BCUT2D eigenvalue weighted by Crippen LogP contribution is -2.47. The monoisotopic (exact) mass is 462 g/mol. The zero-order valence-corrected chi connectivity index (χ0v) is 19.0. The summed E-state index contributed by atoms with van der Waals surface area (Å²) in [5.74, 6) is 0.921. The number of ether oxygens (including phenoxy) is 1. The van der Waals surface area contributed by atoms with E-state index in [1.165, 1.54) is 22.3 Å². The molecule has 0 bridgehead atoms. The normalized spacial score (nSPS) is 20.0. The minimum Gasteiger partial charge on any atom is -0.493 e. The standard InChI is InChI=1S/C21H26N4O4S2/c1-24-9-11-25(12-10-24)31(27,28)16-6-7-21(22-14-16)30-15-20(26)23-18-8-13-29-19-5-3-2-4-17(18)19/h2-7,14,18H,8-13,15H2,1H3,(H,23,26)/t18-/m0/s1. The van der Waals surface area contributed by atoms with E-state index in [4.69, 9.17) is 4.74 Å². The van der Waals surface area contributed by atoms with Gasteiger partial charge in [0.2, 0.25) is 15.9 Å². The molecule has 2 aromatic rings. The van der Waals surface area contributed by atoms with Gasteiger partial charge in [-0.15, -0.1) is 0 Å². The Hall–Kier alpha value is -2.14. The maximum atomic E-state index is 12.8. The number of rotatable bonds is 6. The van der Waals surface area contributed by atoms with Crippen molar-refractivity contribution < 1.29 is 17.9 Å². The highest BCUT2D eigenvalue weighted by molar-refractivity contribution is 7.99. The van der Waals surface area contributed by atoms with Crippen LogP contribution < -0.4 is 10.1 Å². The van der Waals surface area contributed by atoms with Crippen LogP contribution >= 0.6 is 11.8 Å². The fourth-order valence-corrected chi connectivity index (χ4v) is 5.67. The van der Waals surface area contributed by atoms with Crippen molar-refractivity contribution in [3.63, 3.8) is 0 Å². The number of hydrogen-bond donors (Lipinski definition) is 1. The molecule has 31 heavy (non-hydrogen) atoms. The average molecular weight is 463 g/mol. The molecule has 1 saturated heterocycles. The third-order valence-electron chi connectivity index (χ3n) is 5.45. The number of piperazine rings is 1. The highest BCUT2D eigenvalue weighted by atomic mass is 32.2. The van der Waals surface area contributed by atoms with Gasteiger partial charge in [-0.1, -0.05) is 30.0 Å². The molecule has 1 amide bonds. The molecule has 2 aliphatic rings. The second-order valence-electron chi connectivity index (χ2n) is 7.62. The Bertz CT molecular complexity index is 1020. The summed E-state index contributed by atoms with van der Waals surface area (Å²) in [6, 6.07) is 10.9. The van der Waals surface area contributed by atoms with Gasteiger partial charge in [0.15, 0.2) is 0 Å². The molecule has 1 N–H and O–H groups in total. The minimum absolute atomic E-state index is 0.0675. The molecular formula is C21H26N4O4S2. The van der Waals surface area contributed by atoms with Crippen LogP contribution in [0.4, 0.5) is 0 Å². The van der Waals surface area contributed by atoms with Gasteiger partial charge in [0, 0.05) is 44.4 Å². The topological polar surface area (TPSA) is 91.8 Å². The van der Waals surface area contributed by atoms with E-state index in [-0.39, 0.29) is 22.6 Å². The van der Waals surface area contributed by atoms with Gasteiger partial charge in [0.05, 0.1) is 23.4 Å². The van der Waals surface area contributed by atoms with Crippen molar-refractivity contribution >= 4 is 27.7 Å². The summed E-state index contributed by atoms with van der Waals surface area (Å²) in [5.41, 5.74) is 0.990. The number of nitrogens with one attached hydrogen (secondary N) is 1. The Kier molecular flexibility index (Phi) is 6.80. The fraction of sp³-hybridized carbons (Fsp3) is 0.429. The molecule has 2 aliphatic heterocycles. The first kappa shape index (κ1) is 22.1. The second kappa shape index (κ2) is 9.56. The Balaban J connectivity index is 1.32. The summed E-state index contributed by atoms with van der Waals surface area (Å²) in [6.07, 6.45) is 2.10. The first-order chi connectivity index (χ1) is 14.9. The van der Waals surface area contributed by atoms with Crippen LogP contribution in [0.5, 0.6) is 5.75 Å². The van der Waals surface area contributed by atoms with E-state index in [1.807, 2.05) is 31.3 Å². The zero-order valence-electron chi connectivity index (χ0n) is 17.4. The van der Waals surface area contributed by atoms with Gasteiger partial charge < -0.3 is 15.0 Å². The first-order valence-electron chi connectivity index (χ1n) is 10.2. The lowest BCUT2D eigenvalue weighted by molar-refractivity contribution is -0.119. The van der Waals surface area contributed by atoms with Crippen LogP contribution in [-0.4, -0.2) is 74.1 Å². The maximum absolute atomic E-state index is 12.8. The van der Waals surface area contributed by atoms with E-state index >= 15 is 0 Å². The lowest BCUT2D eigenvalue weighted by Gasteiger charge is -2.31. The molecule has 1 aromatic heterocycles. The minimum atomic E-state index is -3.54. The molecule has 0 aliphatic carbocycles. The molecule has 1 aromatic carbocycles. The molecule has 0 saturated carbocycles. The number of aromatic nitrogens is 1. The largest absolute Gasteiger partial charge is 0.493 e. The van der Waals surface area contributed by atoms with Crippen molar-refractivity contribution in [3.8, 4) is 5.75 Å². The van der Waals surface area contributed by atoms with Crippen molar-refractivity contribution in [2.24, 2.45) is 0 Å². The number of pyridine rings is 1. The summed E-state index contributed by atoms with van der Waals surface area (Å²) in [7, 11) is -1.56. The number of sulfonamides is 1. The molecule has 3 heterocycles. The van der Waals surface area contributed by atoms with Crippen LogP contribution in [0, 0.1) is 0 Å². The van der Waals surface area contributed by atoms with Gasteiger partial charge in [0.25, 0.3) is 0 Å². The number of carbonyl (C=O) groups excluding carboxylic acids is 1. The summed E-state index contributed by atoms with van der Waals surface area (Å²) in [6.45, 7) is 2.95. The van der Waals surface area contributed by atoms with E-state index in [1.54, 1.807) is 12.1 Å². The van der Waals surface area contributed by atoms with Gasteiger partial charge in [-0.25, -0.2) is 13.4 Å². The van der Waals surface area contributed by atoms with Crippen molar-refractivity contribution in [2.75, 3.05) is 45.6 Å². The molecule has 1 atom stereocenters. The van der Waals surface area contributed by atoms with Crippen molar-refractivity contribution in [2.45, 2.75) is 22.4 Å². The molecule has 0 spiro atoms. The Morgan fingerprint density at radius 1 is 1.19 bits per heavy atom. The number of fused-ring (bicyclic) bond motifs is 1. The Morgan fingerprint density at radius 2 is 1.97 bits per heavy atom. The van der Waals surface area contributed by atoms with E-state index < -0.39 is 10.0 Å². The third kappa shape index (κ3) is 5.20. The predicted octanol–water partition coefficient (Wildman–Crippen LogP) is 1.75. The van der Waals surface area contributed by atoms with Crippen molar-refractivity contribution in [1.82, 2.24) is 19.5 Å². The van der Waals surface area contributed by atoms with E-state index in [0.29, 0.717) is 37.8 Å². The number of para-hydroxylation sites is 1. The SMILES string of the molecule is CN1CCN(S(=O)(=O)c2ccc(SCC(=O)N[C@H]3CCOc4ccccc43)nc2)CC1. The van der Waals surface area contributed by atoms with Gasteiger partial charge in [0.1, 0.15) is 10.6 Å². The highest BCUT2D eigenvalue weighted by Crippen LogP contribution is 2.31. The van der Waals surface area contributed by atoms with Crippen LogP contribution in [0.1, 0.15) is 18.0 Å². The summed E-state index contributed by atoms with van der Waals surface area (Å²) >= 11 is 1.28. The average Bonchev–Trinajstić information content (AvgIpc) is 2.78. The van der Waals surface area contributed by atoms with Gasteiger partial charge in [-0.2, -0.15) is 4.31 Å². The number of benzene rings is 1. The summed E-state index contributed by atoms with van der Waals surface area (Å²) in [5, 5.41) is 3.66. The smallest absolute Gasteiger partial charge is 0.244 e. The summed E-state index contributed by atoms with van der Waals surface area (Å²) < 4.78 is 32.7. The van der Waals surface area contributed by atoms with E-state index in [0.717, 1.165) is 17.7 Å². The second-order valence-corrected chi connectivity index (χ2v) is 10.6. The fourth-order valence-electron chi connectivity index (χ4n) is 3.65. The quantitative estimate of drug-likeness (QED) is 0.654. The van der Waals surface area contributed by atoms with Gasteiger partial charge in [-0.05, 0) is 25.2 Å². The van der Waals surface area contributed by atoms with Gasteiger partial charge in [-0.3, -0.25) is 4.79 Å². The first-order valence-corrected chi connectivity index (χ1v) is 12.6. The summed E-state index contributed by atoms with van der Waals surface area (Å²) in [4.78, 5) is 19.0. The lowest BCUT2D eigenvalue weighted by atomic mass is 10.0. The molecule has 8 nitrogen and oxygen atoms in total. The van der Waals surface area contributed by atoms with Crippen LogP contribution in [0.3, 0.4) is 0 Å². The molecule has 10 heteroatoms. The van der Waals surface area contributed by atoms with E-state index in [9.17, 15) is 13.2 Å². The highest BCUT2D eigenvalue weighted by Gasteiger charge is 2.28. The molecule has 166 valence electrons. The predicted molar refractivity (Wildman–Crippen MR) is 119 cm³/mol. The molecule has 4 rings (SSSR count). The third-order valence-corrected chi connectivity index (χ3v) is 8.28. The number of carbonyl (C=O) groups is 1. The number of nitrogens with zero attached hydrogens (tertiary/aromatic N) is 3.